The van der Waals surface area contributed by atoms with Gasteiger partial charge in [0.2, 0.25) is 0 Å². The van der Waals surface area contributed by atoms with Crippen molar-refractivity contribution in [3.05, 3.63) is 24.3 Å². The van der Waals surface area contributed by atoms with Crippen LogP contribution in [0.15, 0.2) is 29.2 Å². The molecule has 0 amide bonds. The van der Waals surface area contributed by atoms with E-state index >= 15 is 0 Å². The molecule has 1 aromatic rings. The van der Waals surface area contributed by atoms with E-state index in [9.17, 15) is 22.8 Å². The van der Waals surface area contributed by atoms with Crippen LogP contribution in [0.3, 0.4) is 0 Å². The molecular weight excluding hydrogens is 401 g/mol. The zero-order valence-electron chi connectivity index (χ0n) is 8.86. The van der Waals surface area contributed by atoms with Crippen molar-refractivity contribution in [2.45, 2.75) is 4.90 Å². The predicted molar refractivity (Wildman–Crippen MR) is 52.6 cm³/mol. The fraction of sp³-hybridized carbons (Fsp3) is 0. The molecule has 0 atom stereocenters. The van der Waals surface area contributed by atoms with Gasteiger partial charge in [0.05, 0.1) is 0 Å². The zero-order valence-corrected chi connectivity index (χ0v) is 13.9. The number of rotatable bonds is 2. The Kier molecular flexibility index (Phi) is 9.96. The monoisotopic (exact) mass is 406 g/mol. The summed E-state index contributed by atoms with van der Waals surface area (Å²) in [7, 11) is -13.0. The molecule has 104 valence electrons. The second-order valence-corrected chi connectivity index (χ2v) is 6.02. The van der Waals surface area contributed by atoms with Gasteiger partial charge < -0.3 is 29.0 Å². The Balaban J connectivity index is 0. The molecule has 1 rings (SSSR count). The van der Waals surface area contributed by atoms with E-state index in [-0.39, 0.29) is 26.2 Å². The molecule has 0 saturated carbocycles. The first-order valence-corrected chi connectivity index (χ1v) is 8.00. The Hall–Kier alpha value is 0.473. The van der Waals surface area contributed by atoms with Crippen molar-refractivity contribution < 1.29 is 68.2 Å². The van der Waals surface area contributed by atoms with Crippen LogP contribution >= 0.6 is 16.2 Å². The van der Waals surface area contributed by atoms with Crippen LogP contribution in [-0.4, -0.2) is 17.9 Å². The fourth-order valence-corrected chi connectivity index (χ4v) is 2.78. The molecule has 0 saturated heterocycles. The molecule has 0 bridgehead atoms. The van der Waals surface area contributed by atoms with Crippen LogP contribution in [0.1, 0.15) is 0 Å². The molecule has 0 unspecified atom stereocenters. The van der Waals surface area contributed by atoms with Gasteiger partial charge in [-0.1, -0.05) is 18.2 Å². The van der Waals surface area contributed by atoms with Gasteiger partial charge in [0.1, 0.15) is 4.90 Å². The first kappa shape index (κ1) is 21.8. The Morgan fingerprint density at radius 3 is 1.79 bits per heavy atom. The smallest absolute Gasteiger partial charge is 0.820 e. The first-order valence-electron chi connectivity index (χ1n) is 3.88. The molecule has 0 aliphatic rings. The summed E-state index contributed by atoms with van der Waals surface area (Å²) in [6.45, 7) is 0. The summed E-state index contributed by atoms with van der Waals surface area (Å²) in [5.41, 5.74) is 0. The molecular formula is C6H6O9P2SZr. The van der Waals surface area contributed by atoms with Gasteiger partial charge in [-0.25, -0.2) is 0 Å². The maximum Gasteiger partial charge on any atom is 4.00 e. The number of benzene rings is 1. The summed E-state index contributed by atoms with van der Waals surface area (Å²) in [6.07, 6.45) is 0. The van der Waals surface area contributed by atoms with Gasteiger partial charge in [0.15, 0.2) is 0 Å². The van der Waals surface area contributed by atoms with Crippen LogP contribution in [0.4, 0.5) is 0 Å². The standard InChI is InChI=1S/C6H7O6PS.HO3P.Zr/c7-13(8,9)5-3-1-2-4-6(5)14(10,11)12;1-4(2)3;/h1-4H,(H2,7,8,9)(H,10,11,12);1H;/q;-2;+4/p-2. The molecule has 0 spiro atoms. The van der Waals surface area contributed by atoms with Crippen molar-refractivity contribution in [3.8, 4) is 0 Å². The van der Waals surface area contributed by atoms with Gasteiger partial charge in [-0.2, -0.15) is 17.0 Å². The Labute approximate surface area is 129 Å². The van der Waals surface area contributed by atoms with Gasteiger partial charge in [-0.15, -0.1) is 0 Å². The zero-order chi connectivity index (χ0) is 14.6. The van der Waals surface area contributed by atoms with Crippen molar-refractivity contribution in [3.63, 3.8) is 0 Å². The van der Waals surface area contributed by atoms with Gasteiger partial charge in [-0.3, -0.25) is 4.55 Å². The minimum Gasteiger partial charge on any atom is -0.820 e. The first-order chi connectivity index (χ1) is 7.96. The van der Waals surface area contributed by atoms with Crippen LogP contribution in [0.2, 0.25) is 0 Å². The summed E-state index contributed by atoms with van der Waals surface area (Å²) in [4.78, 5) is 44.5. The molecule has 0 aliphatic heterocycles. The van der Waals surface area contributed by atoms with E-state index in [1.807, 2.05) is 0 Å². The van der Waals surface area contributed by atoms with Gasteiger partial charge in [0.25, 0.3) is 10.1 Å². The molecule has 0 aliphatic carbocycles. The SMILES string of the molecule is O=P([O-])([O-])c1ccccc1S(=O)(=O)O.[O-]P([O-])O.[Zr+4]. The van der Waals surface area contributed by atoms with Crippen molar-refractivity contribution in [1.29, 1.82) is 0 Å². The van der Waals surface area contributed by atoms with Crippen molar-refractivity contribution in [2.24, 2.45) is 0 Å². The van der Waals surface area contributed by atoms with Gasteiger partial charge >= 0.3 is 26.2 Å². The number of hydrogen-bond acceptors (Lipinski definition) is 8. The van der Waals surface area contributed by atoms with Gasteiger partial charge in [0, 0.05) is 5.30 Å². The van der Waals surface area contributed by atoms with Gasteiger partial charge in [-0.05, 0) is 13.7 Å². The average molecular weight is 407 g/mol. The van der Waals surface area contributed by atoms with E-state index in [0.29, 0.717) is 0 Å². The quantitative estimate of drug-likeness (QED) is 0.369. The van der Waals surface area contributed by atoms with Crippen molar-refractivity contribution in [1.82, 2.24) is 0 Å². The van der Waals surface area contributed by atoms with E-state index in [1.165, 1.54) is 12.1 Å². The van der Waals surface area contributed by atoms with E-state index in [0.717, 1.165) is 12.1 Å². The van der Waals surface area contributed by atoms with Crippen molar-refractivity contribution >= 4 is 31.6 Å². The summed E-state index contributed by atoms with van der Waals surface area (Å²) in [6, 6.07) is 4.05. The van der Waals surface area contributed by atoms with Crippen LogP contribution in [0.5, 0.6) is 0 Å². The maximum atomic E-state index is 10.7. The Morgan fingerprint density at radius 2 is 1.53 bits per heavy atom. The third-order valence-corrected chi connectivity index (χ3v) is 3.48. The normalized spacial score (nSPS) is 11.3. The largest absolute Gasteiger partial charge is 4.00 e. The predicted octanol–water partition coefficient (Wildman–Crippen LogP) is -3.60. The molecule has 9 nitrogen and oxygen atoms in total. The number of hydrogen-bond donors (Lipinski definition) is 2. The minimum absolute atomic E-state index is 0. The van der Waals surface area contributed by atoms with Crippen LogP contribution in [0, 0.1) is 0 Å². The van der Waals surface area contributed by atoms with E-state index in [4.69, 9.17) is 19.2 Å². The second kappa shape index (κ2) is 8.69. The molecule has 1 aromatic carbocycles. The summed E-state index contributed by atoms with van der Waals surface area (Å²) < 4.78 is 40.5. The van der Waals surface area contributed by atoms with E-state index in [1.54, 1.807) is 0 Å². The summed E-state index contributed by atoms with van der Waals surface area (Å²) in [5.74, 6) is 0. The molecule has 19 heavy (non-hydrogen) atoms. The fourth-order valence-electron chi connectivity index (χ4n) is 0.902. The molecule has 13 heteroatoms. The Morgan fingerprint density at radius 1 is 1.16 bits per heavy atom. The minimum atomic E-state index is -5.19. The van der Waals surface area contributed by atoms with Crippen LogP contribution in [0.25, 0.3) is 0 Å². The molecule has 0 heterocycles. The van der Waals surface area contributed by atoms with Crippen molar-refractivity contribution in [2.75, 3.05) is 0 Å². The topological polar surface area (TPSA) is 184 Å². The molecule has 0 fully saturated rings. The average Bonchev–Trinajstić information content (AvgIpc) is 2.14. The maximum absolute atomic E-state index is 10.7. The molecule has 0 aromatic heterocycles. The second-order valence-electron chi connectivity index (χ2n) is 2.68. The van der Waals surface area contributed by atoms with E-state index in [2.05, 4.69) is 0 Å². The third kappa shape index (κ3) is 9.10. The summed E-state index contributed by atoms with van der Waals surface area (Å²) in [5, 5.41) is -0.928. The molecule has 2 N–H and O–H groups in total. The summed E-state index contributed by atoms with van der Waals surface area (Å²) >= 11 is 0. The van der Waals surface area contributed by atoms with E-state index < -0.39 is 36.5 Å². The van der Waals surface area contributed by atoms with Crippen LogP contribution < -0.4 is 24.9 Å². The Bertz CT molecular complexity index is 537. The van der Waals surface area contributed by atoms with Crippen LogP contribution in [-0.2, 0) is 40.9 Å². The molecule has 0 radical (unpaired) electrons. The third-order valence-electron chi connectivity index (χ3n) is 1.44.